The summed E-state index contributed by atoms with van der Waals surface area (Å²) in [6.45, 7) is 0.672. The van der Waals surface area contributed by atoms with Crippen LogP contribution in [0.15, 0.2) is 55.4 Å². The van der Waals surface area contributed by atoms with Gasteiger partial charge in [-0.3, -0.25) is 9.78 Å². The van der Waals surface area contributed by atoms with Crippen LogP contribution in [0.5, 0.6) is 5.75 Å². The zero-order chi connectivity index (χ0) is 23.9. The Kier molecular flexibility index (Phi) is 7.13. The van der Waals surface area contributed by atoms with E-state index in [1.54, 1.807) is 18.7 Å². The minimum Gasteiger partial charge on any atom is -0.487 e. The number of benzene rings is 1. The van der Waals surface area contributed by atoms with Crippen molar-refractivity contribution in [3.05, 3.63) is 83.0 Å². The molecule has 3 heterocycles. The fourth-order valence-electron chi connectivity index (χ4n) is 2.96. The minimum atomic E-state index is -0.598. The highest BCUT2D eigenvalue weighted by atomic mass is 35.5. The lowest BCUT2D eigenvalue weighted by Crippen LogP contribution is -2.13. The first kappa shape index (κ1) is 22.9. The van der Waals surface area contributed by atoms with E-state index in [0.717, 1.165) is 5.69 Å². The van der Waals surface area contributed by atoms with Gasteiger partial charge in [-0.15, -0.1) is 0 Å². The second kappa shape index (κ2) is 10.6. The largest absolute Gasteiger partial charge is 0.487 e. The van der Waals surface area contributed by atoms with E-state index in [2.05, 4.69) is 35.6 Å². The summed E-state index contributed by atoms with van der Waals surface area (Å²) >= 11 is 5.86. The molecule has 12 heteroatoms. The number of amides is 1. The molecule has 0 atom stereocenters. The maximum Gasteiger partial charge on any atom is 0.250 e. The second-order valence-corrected chi connectivity index (χ2v) is 7.54. The predicted molar refractivity (Wildman–Crippen MR) is 125 cm³/mol. The number of halogens is 2. The van der Waals surface area contributed by atoms with Crippen molar-refractivity contribution >= 4 is 35.0 Å². The van der Waals surface area contributed by atoms with Crippen molar-refractivity contribution in [3.63, 3.8) is 0 Å². The molecule has 1 amide bonds. The summed E-state index contributed by atoms with van der Waals surface area (Å²) < 4.78 is 19.2. The molecule has 0 spiro atoms. The fourth-order valence-corrected chi connectivity index (χ4v) is 3.14. The molecule has 4 aromatic rings. The van der Waals surface area contributed by atoms with E-state index in [1.807, 2.05) is 0 Å². The molecule has 0 aliphatic rings. The van der Waals surface area contributed by atoms with Crippen molar-refractivity contribution in [1.82, 2.24) is 24.9 Å². The van der Waals surface area contributed by atoms with Gasteiger partial charge in [0, 0.05) is 42.9 Å². The summed E-state index contributed by atoms with van der Waals surface area (Å²) in [4.78, 5) is 31.2. The first-order valence-electron chi connectivity index (χ1n) is 10.1. The Hall–Kier alpha value is -4.25. The third kappa shape index (κ3) is 5.95. The molecular formula is C22H20ClFN8O2. The molecule has 0 unspecified atom stereocenters. The Morgan fingerprint density at radius 1 is 1.18 bits per heavy atom. The van der Waals surface area contributed by atoms with Crippen molar-refractivity contribution < 1.29 is 13.9 Å². The van der Waals surface area contributed by atoms with Gasteiger partial charge in [-0.2, -0.15) is 4.98 Å². The number of ether oxygens (including phenoxy) is 1. The molecule has 0 radical (unpaired) electrons. The lowest BCUT2D eigenvalue weighted by atomic mass is 10.2. The van der Waals surface area contributed by atoms with Crippen LogP contribution >= 0.6 is 11.6 Å². The number of pyridine rings is 1. The lowest BCUT2D eigenvalue weighted by molar-refractivity contribution is 0.0999. The highest BCUT2D eigenvalue weighted by Crippen LogP contribution is 2.23. The SMILES string of the molecule is NC(=O)c1cncc(OCc2cnc(Nc3ccc(F)c(Cl)c3)nc2NCCc2cnc[nH]2)c1. The number of primary amides is 1. The number of nitrogens with zero attached hydrogens (tertiary/aromatic N) is 4. The third-order valence-electron chi connectivity index (χ3n) is 4.67. The van der Waals surface area contributed by atoms with Crippen molar-refractivity contribution in [2.24, 2.45) is 5.73 Å². The number of carbonyl (C=O) groups excluding carboxylic acids is 1. The molecule has 34 heavy (non-hydrogen) atoms. The van der Waals surface area contributed by atoms with Gasteiger partial charge in [-0.25, -0.2) is 14.4 Å². The highest BCUT2D eigenvalue weighted by Gasteiger charge is 2.11. The maximum absolute atomic E-state index is 13.5. The van der Waals surface area contributed by atoms with Crippen LogP contribution in [0.2, 0.25) is 5.02 Å². The summed E-state index contributed by atoms with van der Waals surface area (Å²) in [5, 5.41) is 6.26. The number of aromatic amines is 1. The molecular weight excluding hydrogens is 463 g/mol. The Morgan fingerprint density at radius 3 is 2.82 bits per heavy atom. The average Bonchev–Trinajstić information content (AvgIpc) is 3.35. The summed E-state index contributed by atoms with van der Waals surface area (Å²) in [6.07, 6.45) is 8.49. The Balaban J connectivity index is 1.51. The van der Waals surface area contributed by atoms with Gasteiger partial charge in [0.15, 0.2) is 0 Å². The summed E-state index contributed by atoms with van der Waals surface area (Å²) in [6, 6.07) is 5.74. The van der Waals surface area contributed by atoms with Crippen LogP contribution in [0.25, 0.3) is 0 Å². The number of H-pyrrole nitrogens is 1. The second-order valence-electron chi connectivity index (χ2n) is 7.14. The van der Waals surface area contributed by atoms with E-state index in [4.69, 9.17) is 22.1 Å². The molecule has 1 aromatic carbocycles. The lowest BCUT2D eigenvalue weighted by Gasteiger charge is -2.14. The molecule has 0 saturated carbocycles. The normalized spacial score (nSPS) is 10.6. The maximum atomic E-state index is 13.5. The monoisotopic (exact) mass is 482 g/mol. The molecule has 0 aliphatic carbocycles. The van der Waals surface area contributed by atoms with Gasteiger partial charge in [0.05, 0.1) is 28.7 Å². The van der Waals surface area contributed by atoms with Crippen molar-refractivity contribution in [3.8, 4) is 5.75 Å². The predicted octanol–water partition coefficient (Wildman–Crippen LogP) is 3.46. The first-order chi connectivity index (χ1) is 16.5. The number of aromatic nitrogens is 5. The Morgan fingerprint density at radius 2 is 2.06 bits per heavy atom. The van der Waals surface area contributed by atoms with E-state index in [1.165, 1.54) is 36.7 Å². The van der Waals surface area contributed by atoms with Crippen molar-refractivity contribution in [1.29, 1.82) is 0 Å². The van der Waals surface area contributed by atoms with Gasteiger partial charge in [0.25, 0.3) is 0 Å². The molecule has 0 saturated heterocycles. The van der Waals surface area contributed by atoms with Crippen LogP contribution < -0.4 is 21.1 Å². The number of nitrogens with one attached hydrogen (secondary N) is 3. The highest BCUT2D eigenvalue weighted by molar-refractivity contribution is 6.31. The van der Waals surface area contributed by atoms with Crippen LogP contribution in [-0.4, -0.2) is 37.4 Å². The van der Waals surface area contributed by atoms with Gasteiger partial charge >= 0.3 is 0 Å². The summed E-state index contributed by atoms with van der Waals surface area (Å²) in [5.41, 5.74) is 7.70. The quantitative estimate of drug-likeness (QED) is 0.269. The van der Waals surface area contributed by atoms with E-state index >= 15 is 0 Å². The fraction of sp³-hybridized carbons (Fsp3) is 0.136. The van der Waals surface area contributed by atoms with E-state index in [9.17, 15) is 9.18 Å². The van der Waals surface area contributed by atoms with E-state index < -0.39 is 11.7 Å². The number of hydrogen-bond donors (Lipinski definition) is 4. The third-order valence-corrected chi connectivity index (χ3v) is 4.96. The van der Waals surface area contributed by atoms with Crippen LogP contribution in [0.4, 0.5) is 21.8 Å². The number of anilines is 3. The minimum absolute atomic E-state index is 0.0141. The number of rotatable bonds is 10. The van der Waals surface area contributed by atoms with Crippen LogP contribution in [0.3, 0.4) is 0 Å². The molecule has 3 aromatic heterocycles. The molecule has 0 fully saturated rings. The molecule has 0 aliphatic heterocycles. The average molecular weight is 483 g/mol. The van der Waals surface area contributed by atoms with Gasteiger partial charge in [-0.05, 0) is 24.3 Å². The van der Waals surface area contributed by atoms with Crippen molar-refractivity contribution in [2.75, 3.05) is 17.2 Å². The number of imidazole rings is 1. The molecule has 4 rings (SSSR count). The van der Waals surface area contributed by atoms with E-state index in [0.29, 0.717) is 35.8 Å². The smallest absolute Gasteiger partial charge is 0.250 e. The van der Waals surface area contributed by atoms with Crippen LogP contribution in [0.1, 0.15) is 21.6 Å². The van der Waals surface area contributed by atoms with Gasteiger partial charge in [0.1, 0.15) is 24.0 Å². The van der Waals surface area contributed by atoms with Gasteiger partial charge in [0.2, 0.25) is 11.9 Å². The summed E-state index contributed by atoms with van der Waals surface area (Å²) in [5.74, 6) is 0.0791. The zero-order valence-corrected chi connectivity index (χ0v) is 18.5. The van der Waals surface area contributed by atoms with Crippen molar-refractivity contribution in [2.45, 2.75) is 13.0 Å². The zero-order valence-electron chi connectivity index (χ0n) is 17.8. The van der Waals surface area contributed by atoms with Gasteiger partial charge in [-0.1, -0.05) is 11.6 Å². The molecule has 5 N–H and O–H groups in total. The summed E-state index contributed by atoms with van der Waals surface area (Å²) in [7, 11) is 0. The van der Waals surface area contributed by atoms with Crippen LogP contribution in [-0.2, 0) is 13.0 Å². The molecule has 10 nitrogen and oxygen atoms in total. The Bertz CT molecular complexity index is 1290. The number of carbonyl (C=O) groups is 1. The molecule has 174 valence electrons. The number of hydrogen-bond acceptors (Lipinski definition) is 8. The van der Waals surface area contributed by atoms with Gasteiger partial charge < -0.3 is 26.1 Å². The van der Waals surface area contributed by atoms with E-state index in [-0.39, 0.29) is 23.1 Å². The standard InChI is InChI=1S/C22H20ClFN8O2/c23-18-6-15(1-2-19(18)24)31-22-29-8-14(11-34-17-5-13(20(25)33)7-26-10-17)21(32-22)28-4-3-16-9-27-12-30-16/h1-2,5-10,12H,3-4,11H2,(H2,25,33)(H,27,30)(H2,28,29,31,32). The Labute approximate surface area is 198 Å². The van der Waals surface area contributed by atoms with Crippen LogP contribution in [0, 0.1) is 5.82 Å². The topological polar surface area (TPSA) is 144 Å². The number of nitrogens with two attached hydrogens (primary N) is 1. The first-order valence-corrected chi connectivity index (χ1v) is 10.5. The molecule has 0 bridgehead atoms.